The van der Waals surface area contributed by atoms with E-state index < -0.39 is 38.8 Å². The number of likely N-dealkylation sites (N-methyl/N-ethyl adjacent to an activating group) is 1. The summed E-state index contributed by atoms with van der Waals surface area (Å²) in [5.74, 6) is 0.438. The number of hydrogen-bond acceptors (Lipinski definition) is 12. The Morgan fingerprint density at radius 2 is 1.75 bits per heavy atom. The summed E-state index contributed by atoms with van der Waals surface area (Å²) in [6.07, 6.45) is 13.7. The highest BCUT2D eigenvalue weighted by molar-refractivity contribution is 7.31. The summed E-state index contributed by atoms with van der Waals surface area (Å²) in [5.41, 5.74) is 3.06. The molecule has 15 nitrogen and oxygen atoms in total. The van der Waals surface area contributed by atoms with Crippen LogP contribution >= 0.6 is 8.25 Å². The number of ketones is 2. The molecule has 0 radical (unpaired) electrons. The zero-order chi connectivity index (χ0) is 48.9. The SMILES string of the molecule is C[C@]12C=CC(=O)C=C1CC[C@@H]1C2[C@@H](O)C[C@@]2(C)C1CC[C@@H]2C(=O)COC(=O)NCC[N+](C)(C)Cc1cc(C(O)CN(CCCCCCO)CCCCc2ccccc2)ccc1OCOO[PH](=O)O. The number of rotatable bonds is 27. The summed E-state index contributed by atoms with van der Waals surface area (Å²) in [7, 11) is 0.650. The molecular weight excluding hydrogens is 890 g/mol. The fourth-order valence-electron chi connectivity index (χ4n) is 12.1. The van der Waals surface area contributed by atoms with Gasteiger partial charge < -0.3 is 44.4 Å². The van der Waals surface area contributed by atoms with E-state index in [1.165, 1.54) is 5.56 Å². The highest BCUT2D eigenvalue weighted by Gasteiger charge is 2.62. The first-order valence-corrected chi connectivity index (χ1v) is 26.0. The van der Waals surface area contributed by atoms with Crippen molar-refractivity contribution in [2.75, 3.05) is 66.8 Å². The minimum Gasteiger partial charge on any atom is -0.464 e. The first-order valence-electron chi connectivity index (χ1n) is 24.7. The summed E-state index contributed by atoms with van der Waals surface area (Å²) in [6.45, 7) is 6.88. The van der Waals surface area contributed by atoms with Crippen LogP contribution in [0.2, 0.25) is 0 Å². The van der Waals surface area contributed by atoms with Gasteiger partial charge in [-0.15, -0.1) is 4.67 Å². The molecule has 4 aliphatic carbocycles. The van der Waals surface area contributed by atoms with E-state index in [2.05, 4.69) is 53.0 Å². The molecule has 9 atom stereocenters. The molecule has 5 N–H and O–H groups in total. The van der Waals surface area contributed by atoms with E-state index in [0.717, 1.165) is 88.4 Å². The molecule has 0 aliphatic heterocycles. The number of amides is 1. The third kappa shape index (κ3) is 14.2. The number of Topliss-reactive ketones (excluding diaryl/α,β-unsaturated/α-hetero) is 1. The molecule has 2 aromatic rings. The monoisotopic (exact) mass is 967 g/mol. The number of hydrogen-bond donors (Lipinski definition) is 5. The van der Waals surface area contributed by atoms with Crippen LogP contribution in [0.3, 0.4) is 0 Å². The van der Waals surface area contributed by atoms with Gasteiger partial charge in [-0.1, -0.05) is 74.7 Å². The Kier molecular flexibility index (Phi) is 19.6. The van der Waals surface area contributed by atoms with E-state index in [1.54, 1.807) is 24.3 Å². The molecule has 0 spiro atoms. The van der Waals surface area contributed by atoms with Crippen LogP contribution in [0.5, 0.6) is 5.75 Å². The van der Waals surface area contributed by atoms with Crippen LogP contribution in [0.15, 0.2) is 72.3 Å². The number of aliphatic hydroxyl groups is 3. The molecule has 68 heavy (non-hydrogen) atoms. The van der Waals surface area contributed by atoms with Gasteiger partial charge in [0.25, 0.3) is 0 Å². The van der Waals surface area contributed by atoms with Crippen LogP contribution in [0.1, 0.15) is 107 Å². The van der Waals surface area contributed by atoms with Gasteiger partial charge in [0, 0.05) is 36.0 Å². The van der Waals surface area contributed by atoms with Crippen molar-refractivity contribution in [2.45, 2.75) is 110 Å². The predicted octanol–water partition coefficient (Wildman–Crippen LogP) is 7.03. The number of quaternary nitrogens is 1. The standard InChI is InChI=1S/C52H76N3O12P/c1-51-24-23-41(57)31-40(51)18-19-42-43-20-21-44(52(43,2)32-45(58)49(42)51)47(60)35-64-50(61)53-25-28-55(3,4)34-39-30-38(17-22-48(39)65-36-66-67-68(62)63)46(59)33-54(26-11-5-6-13-29-56)27-12-10-16-37-14-8-7-9-15-37/h7-9,14-15,17,22-24,30-31,42-46,49,56,58-59,68H,5-6,10-13,16,18-21,25-29,32-36H2,1-4H3,(H-,53,61,62,63)/p+1/t42-,43?,44+,45-,46?,49?,51-,52-/m0/s1. The van der Waals surface area contributed by atoms with Gasteiger partial charge in [0.05, 0.1) is 39.4 Å². The largest absolute Gasteiger partial charge is 0.464 e. The van der Waals surface area contributed by atoms with E-state index in [9.17, 15) is 34.3 Å². The lowest BCUT2D eigenvalue weighted by Crippen LogP contribution is -2.56. The van der Waals surface area contributed by atoms with Crippen LogP contribution in [0.4, 0.5) is 4.79 Å². The Morgan fingerprint density at radius 3 is 2.50 bits per heavy atom. The van der Waals surface area contributed by atoms with Crippen LogP contribution in [-0.2, 0) is 41.4 Å². The quantitative estimate of drug-likeness (QED) is 0.0153. The van der Waals surface area contributed by atoms with Crippen molar-refractivity contribution < 1.29 is 62.7 Å². The van der Waals surface area contributed by atoms with Gasteiger partial charge >= 0.3 is 14.3 Å². The lowest BCUT2D eigenvalue weighted by molar-refractivity contribution is -0.902. The number of carbonyl (C=O) groups is 3. The smallest absolute Gasteiger partial charge is 0.407 e. The number of fused-ring (bicyclic) bond motifs is 5. The lowest BCUT2D eigenvalue weighted by atomic mass is 9.46. The fourth-order valence-corrected chi connectivity index (χ4v) is 12.3. The number of alkyl carbamates (subject to hydrolysis) is 1. The molecule has 0 saturated heterocycles. The Balaban J connectivity index is 1.02. The van der Waals surface area contributed by atoms with E-state index in [1.807, 2.05) is 32.3 Å². The highest BCUT2D eigenvalue weighted by Crippen LogP contribution is 2.66. The molecule has 0 bridgehead atoms. The maximum Gasteiger partial charge on any atom is 0.407 e. The van der Waals surface area contributed by atoms with E-state index in [0.29, 0.717) is 48.3 Å². The maximum absolute atomic E-state index is 13.8. The number of aliphatic hydroxyl groups excluding tert-OH is 3. The van der Waals surface area contributed by atoms with Crippen LogP contribution in [0, 0.1) is 34.5 Å². The van der Waals surface area contributed by atoms with Crippen molar-refractivity contribution in [3.8, 4) is 5.75 Å². The maximum atomic E-state index is 13.8. The number of unbranched alkanes of at least 4 members (excludes halogenated alkanes) is 4. The Hall–Kier alpha value is -3.76. The summed E-state index contributed by atoms with van der Waals surface area (Å²) in [6, 6.07) is 15.9. The number of allylic oxidation sites excluding steroid dienone is 4. The third-order valence-corrected chi connectivity index (χ3v) is 15.8. The average Bonchev–Trinajstić information content (AvgIpc) is 3.65. The molecule has 2 aromatic carbocycles. The van der Waals surface area contributed by atoms with Gasteiger partial charge in [0.1, 0.15) is 12.3 Å². The van der Waals surface area contributed by atoms with Crippen molar-refractivity contribution in [1.82, 2.24) is 10.2 Å². The second kappa shape index (κ2) is 24.9. The summed E-state index contributed by atoms with van der Waals surface area (Å²) < 4.78 is 27.1. The molecule has 4 aliphatic rings. The number of benzene rings is 2. The van der Waals surface area contributed by atoms with Gasteiger partial charge in [-0.05, 0) is 130 Å². The first kappa shape index (κ1) is 53.6. The second-order valence-corrected chi connectivity index (χ2v) is 21.4. The molecule has 3 fully saturated rings. The molecule has 4 unspecified atom stereocenters. The summed E-state index contributed by atoms with van der Waals surface area (Å²) in [4.78, 5) is 55.1. The topological polar surface area (TPSA) is 201 Å². The van der Waals surface area contributed by atoms with E-state index >= 15 is 0 Å². The van der Waals surface area contributed by atoms with Crippen LogP contribution in [0.25, 0.3) is 0 Å². The fraction of sp³-hybridized carbons (Fsp3) is 0.635. The van der Waals surface area contributed by atoms with Gasteiger partial charge in [-0.25, -0.2) is 4.79 Å². The van der Waals surface area contributed by atoms with Crippen LogP contribution < -0.4 is 10.1 Å². The van der Waals surface area contributed by atoms with E-state index in [4.69, 9.17) is 19.3 Å². The molecule has 3 saturated carbocycles. The molecule has 0 heterocycles. The second-order valence-electron chi connectivity index (χ2n) is 20.7. The molecule has 16 heteroatoms. The highest BCUT2D eigenvalue weighted by atomic mass is 31.1. The van der Waals surface area contributed by atoms with Gasteiger partial charge in [0.2, 0.25) is 6.79 Å². The number of aryl methyl sites for hydroxylation is 1. The average molecular weight is 967 g/mol. The Bertz CT molecular complexity index is 2080. The van der Waals surface area contributed by atoms with Crippen molar-refractivity contribution >= 4 is 25.9 Å². The number of ether oxygens (including phenoxy) is 2. The number of nitrogens with zero attached hydrogens (tertiary/aromatic N) is 2. The summed E-state index contributed by atoms with van der Waals surface area (Å²) in [5, 5.41) is 35.4. The van der Waals surface area contributed by atoms with Crippen molar-refractivity contribution in [1.29, 1.82) is 0 Å². The minimum absolute atomic E-state index is 0.000148. The van der Waals surface area contributed by atoms with Gasteiger partial charge in [-0.3, -0.25) is 14.2 Å². The predicted molar refractivity (Wildman–Crippen MR) is 258 cm³/mol. The minimum atomic E-state index is -3.33. The van der Waals surface area contributed by atoms with Crippen LogP contribution in [-0.4, -0.2) is 120 Å². The van der Waals surface area contributed by atoms with Gasteiger partial charge in [-0.2, -0.15) is 4.89 Å². The normalized spacial score (nSPS) is 26.3. The zero-order valence-corrected chi connectivity index (χ0v) is 41.6. The van der Waals surface area contributed by atoms with Crippen molar-refractivity contribution in [3.63, 3.8) is 0 Å². The Labute approximate surface area is 403 Å². The molecule has 6 rings (SSSR count). The number of nitrogens with one attached hydrogen (secondary N) is 1. The molecule has 376 valence electrons. The van der Waals surface area contributed by atoms with Gasteiger partial charge in [0.15, 0.2) is 18.2 Å². The molecule has 0 aromatic heterocycles. The zero-order valence-electron chi connectivity index (χ0n) is 40.6. The lowest BCUT2D eigenvalue weighted by Gasteiger charge is -2.58. The Morgan fingerprint density at radius 1 is 1.00 bits per heavy atom. The number of carbonyl (C=O) groups excluding carboxylic acids is 3. The summed E-state index contributed by atoms with van der Waals surface area (Å²) >= 11 is 0. The van der Waals surface area contributed by atoms with Crippen molar-refractivity contribution in [3.05, 3.63) is 89.0 Å². The molecule has 1 amide bonds. The first-order chi connectivity index (χ1) is 32.5. The van der Waals surface area contributed by atoms with E-state index in [-0.39, 0.29) is 60.4 Å². The third-order valence-electron chi connectivity index (χ3n) is 15.5. The molecular formula is C52H77N3O12P+. The van der Waals surface area contributed by atoms with Crippen molar-refractivity contribution in [2.24, 2.45) is 34.5 Å².